The van der Waals surface area contributed by atoms with Crippen molar-refractivity contribution in [1.82, 2.24) is 5.32 Å². The monoisotopic (exact) mass is 295 g/mol. The number of phenolic OH excluding ortho intramolecular Hbond substituents is 1. The van der Waals surface area contributed by atoms with E-state index in [1.54, 1.807) is 7.11 Å². The third-order valence-electron chi connectivity index (χ3n) is 3.80. The SMILES string of the molecule is COC(=O)NC1CCCc2cc(OC)c(OC)c(O)c2C1. The van der Waals surface area contributed by atoms with E-state index in [4.69, 9.17) is 9.47 Å². The zero-order chi connectivity index (χ0) is 15.4. The molecule has 1 aromatic carbocycles. The summed E-state index contributed by atoms with van der Waals surface area (Å²) in [6, 6.07) is 1.83. The van der Waals surface area contributed by atoms with Crippen LogP contribution in [0.15, 0.2) is 6.07 Å². The molecular formula is C15H21NO5. The third-order valence-corrected chi connectivity index (χ3v) is 3.80. The van der Waals surface area contributed by atoms with E-state index < -0.39 is 6.09 Å². The van der Waals surface area contributed by atoms with Crippen molar-refractivity contribution in [1.29, 1.82) is 0 Å². The van der Waals surface area contributed by atoms with E-state index in [1.165, 1.54) is 14.2 Å². The minimum Gasteiger partial charge on any atom is -0.504 e. The Hall–Kier alpha value is -2.11. The highest BCUT2D eigenvalue weighted by Crippen LogP contribution is 2.43. The number of carbonyl (C=O) groups excluding carboxylic acids is 1. The standard InChI is InChI=1S/C15H21NO5/c1-19-12-7-9-5-4-6-10(16-15(18)21-3)8-11(9)13(17)14(12)20-2/h7,10,17H,4-6,8H2,1-3H3,(H,16,18). The smallest absolute Gasteiger partial charge is 0.407 e. The first-order valence-corrected chi connectivity index (χ1v) is 6.90. The molecule has 1 atom stereocenters. The van der Waals surface area contributed by atoms with Gasteiger partial charge in [0.05, 0.1) is 21.3 Å². The molecule has 0 heterocycles. The number of nitrogens with one attached hydrogen (secondary N) is 1. The Morgan fingerprint density at radius 3 is 2.71 bits per heavy atom. The molecule has 2 rings (SSSR count). The summed E-state index contributed by atoms with van der Waals surface area (Å²) in [5.41, 5.74) is 1.82. The maximum absolute atomic E-state index is 11.4. The molecule has 1 aromatic rings. The topological polar surface area (TPSA) is 77.0 Å². The molecule has 0 bridgehead atoms. The fourth-order valence-corrected chi connectivity index (χ4v) is 2.75. The van der Waals surface area contributed by atoms with Crippen LogP contribution < -0.4 is 14.8 Å². The van der Waals surface area contributed by atoms with Crippen LogP contribution in [-0.2, 0) is 17.6 Å². The van der Waals surface area contributed by atoms with Crippen molar-refractivity contribution < 1.29 is 24.1 Å². The number of methoxy groups -OCH3 is 3. The molecule has 0 saturated carbocycles. The third kappa shape index (κ3) is 3.15. The number of benzene rings is 1. The summed E-state index contributed by atoms with van der Waals surface area (Å²) in [7, 11) is 4.37. The fraction of sp³-hybridized carbons (Fsp3) is 0.533. The first-order chi connectivity index (χ1) is 10.1. The molecule has 0 spiro atoms. The molecule has 1 aliphatic rings. The summed E-state index contributed by atoms with van der Waals surface area (Å²) in [5, 5.41) is 13.2. The van der Waals surface area contributed by atoms with Gasteiger partial charge in [-0.3, -0.25) is 0 Å². The molecule has 0 radical (unpaired) electrons. The molecular weight excluding hydrogens is 274 g/mol. The molecule has 6 heteroatoms. The zero-order valence-electron chi connectivity index (χ0n) is 12.6. The molecule has 116 valence electrons. The summed E-state index contributed by atoms with van der Waals surface area (Å²) >= 11 is 0. The second-order valence-electron chi connectivity index (χ2n) is 5.03. The zero-order valence-corrected chi connectivity index (χ0v) is 12.6. The lowest BCUT2D eigenvalue weighted by atomic mass is 9.99. The van der Waals surface area contributed by atoms with Crippen LogP contribution in [0.25, 0.3) is 0 Å². The van der Waals surface area contributed by atoms with Gasteiger partial charge in [0.2, 0.25) is 5.75 Å². The molecule has 0 saturated heterocycles. The molecule has 1 aliphatic carbocycles. The molecule has 2 N–H and O–H groups in total. The Morgan fingerprint density at radius 1 is 1.33 bits per heavy atom. The molecule has 1 amide bonds. The van der Waals surface area contributed by atoms with Crippen LogP contribution in [-0.4, -0.2) is 38.6 Å². The summed E-state index contributed by atoms with van der Waals surface area (Å²) in [4.78, 5) is 11.4. The average Bonchev–Trinajstić information content (AvgIpc) is 2.69. The van der Waals surface area contributed by atoms with Crippen molar-refractivity contribution in [2.45, 2.75) is 31.7 Å². The van der Waals surface area contributed by atoms with E-state index in [-0.39, 0.29) is 11.8 Å². The van der Waals surface area contributed by atoms with Gasteiger partial charge in [0.25, 0.3) is 0 Å². The van der Waals surface area contributed by atoms with Gasteiger partial charge in [-0.15, -0.1) is 0 Å². The maximum Gasteiger partial charge on any atom is 0.407 e. The molecule has 21 heavy (non-hydrogen) atoms. The van der Waals surface area contributed by atoms with Crippen LogP contribution in [0.5, 0.6) is 17.2 Å². The predicted molar refractivity (Wildman–Crippen MR) is 77.2 cm³/mol. The Kier molecular flexibility index (Phi) is 4.77. The number of phenols is 1. The quantitative estimate of drug-likeness (QED) is 0.834. The first-order valence-electron chi connectivity index (χ1n) is 6.90. The van der Waals surface area contributed by atoms with Crippen molar-refractivity contribution in [3.63, 3.8) is 0 Å². The molecule has 0 aliphatic heterocycles. The number of rotatable bonds is 3. The number of fused-ring (bicyclic) bond motifs is 1. The lowest BCUT2D eigenvalue weighted by Crippen LogP contribution is -2.35. The van der Waals surface area contributed by atoms with Crippen LogP contribution in [0, 0.1) is 0 Å². The van der Waals surface area contributed by atoms with Crippen molar-refractivity contribution in [3.05, 3.63) is 17.2 Å². The van der Waals surface area contributed by atoms with Crippen LogP contribution in [0.1, 0.15) is 24.0 Å². The van der Waals surface area contributed by atoms with Crippen molar-refractivity contribution >= 4 is 6.09 Å². The minimum atomic E-state index is -0.455. The molecule has 1 unspecified atom stereocenters. The van der Waals surface area contributed by atoms with Gasteiger partial charge in [-0.05, 0) is 37.3 Å². The predicted octanol–water partition coefficient (Wildman–Crippen LogP) is 2.01. The number of alkyl carbamates (subject to hydrolysis) is 1. The van der Waals surface area contributed by atoms with Gasteiger partial charge < -0.3 is 24.6 Å². The van der Waals surface area contributed by atoms with Crippen molar-refractivity contribution in [2.75, 3.05) is 21.3 Å². The second kappa shape index (κ2) is 6.56. The number of amides is 1. The van der Waals surface area contributed by atoms with Gasteiger partial charge in [-0.1, -0.05) is 0 Å². The van der Waals surface area contributed by atoms with Crippen LogP contribution in [0.4, 0.5) is 4.79 Å². The highest BCUT2D eigenvalue weighted by atomic mass is 16.5. The normalized spacial score (nSPS) is 17.4. The summed E-state index contributed by atoms with van der Waals surface area (Å²) in [5.74, 6) is 0.938. The highest BCUT2D eigenvalue weighted by Gasteiger charge is 2.25. The molecule has 0 aromatic heterocycles. The minimum absolute atomic E-state index is 0.0669. The van der Waals surface area contributed by atoms with Gasteiger partial charge >= 0.3 is 6.09 Å². The number of hydrogen-bond donors (Lipinski definition) is 2. The lowest BCUT2D eigenvalue weighted by Gasteiger charge is -2.18. The van der Waals surface area contributed by atoms with Crippen LogP contribution >= 0.6 is 0 Å². The molecule has 6 nitrogen and oxygen atoms in total. The van der Waals surface area contributed by atoms with Crippen LogP contribution in [0.3, 0.4) is 0 Å². The highest BCUT2D eigenvalue weighted by molar-refractivity contribution is 5.67. The van der Waals surface area contributed by atoms with Crippen molar-refractivity contribution in [2.24, 2.45) is 0 Å². The van der Waals surface area contributed by atoms with Crippen LogP contribution in [0.2, 0.25) is 0 Å². The van der Waals surface area contributed by atoms with Gasteiger partial charge in [-0.25, -0.2) is 4.79 Å². The summed E-state index contributed by atoms with van der Waals surface area (Å²) in [6.45, 7) is 0. The van der Waals surface area contributed by atoms with E-state index in [0.717, 1.165) is 30.4 Å². The molecule has 0 fully saturated rings. The average molecular weight is 295 g/mol. The Bertz CT molecular complexity index is 529. The number of hydrogen-bond acceptors (Lipinski definition) is 5. The summed E-state index contributed by atoms with van der Waals surface area (Å²) < 4.78 is 15.1. The Morgan fingerprint density at radius 2 is 2.10 bits per heavy atom. The number of aromatic hydroxyl groups is 1. The lowest BCUT2D eigenvalue weighted by molar-refractivity contribution is 0.165. The van der Waals surface area contributed by atoms with E-state index in [9.17, 15) is 9.90 Å². The Labute approximate surface area is 124 Å². The number of aryl methyl sites for hydroxylation is 1. The van der Waals surface area contributed by atoms with E-state index in [1.807, 2.05) is 6.07 Å². The van der Waals surface area contributed by atoms with Gasteiger partial charge in [0, 0.05) is 11.6 Å². The number of carbonyl (C=O) groups is 1. The van der Waals surface area contributed by atoms with Gasteiger partial charge in [-0.2, -0.15) is 0 Å². The maximum atomic E-state index is 11.4. The van der Waals surface area contributed by atoms with E-state index >= 15 is 0 Å². The van der Waals surface area contributed by atoms with E-state index in [0.29, 0.717) is 17.9 Å². The van der Waals surface area contributed by atoms with Gasteiger partial charge in [0.1, 0.15) is 0 Å². The fourth-order valence-electron chi connectivity index (χ4n) is 2.75. The van der Waals surface area contributed by atoms with E-state index in [2.05, 4.69) is 10.1 Å². The second-order valence-corrected chi connectivity index (χ2v) is 5.03. The number of ether oxygens (including phenoxy) is 3. The first kappa shape index (κ1) is 15.3. The Balaban J connectivity index is 2.34. The largest absolute Gasteiger partial charge is 0.504 e. The van der Waals surface area contributed by atoms with Crippen molar-refractivity contribution in [3.8, 4) is 17.2 Å². The summed E-state index contributed by atoms with van der Waals surface area (Å²) in [6.07, 6.45) is 2.65. The van der Waals surface area contributed by atoms with Gasteiger partial charge in [0.15, 0.2) is 11.5 Å².